The topological polar surface area (TPSA) is 52.8 Å². The number of allylic oxidation sites excluding steroid dienone is 2. The van der Waals surface area contributed by atoms with Gasteiger partial charge in [-0.25, -0.2) is 4.39 Å². The third kappa shape index (κ3) is 6.12. The standard InChI is InChI=1S/C30H37FN4O/c1-3-34(4-2)30(36)24-11-7-10-23(15-16-24)29(25-12-8-13-27(32)21-25)35-19-17-33(18-20-35)22-26-9-5-6-14-28(26)31/h5-6,8-16,21,29H,3-4,7,17-20,22,32H2,1-2H3. The number of rotatable bonds is 8. The first kappa shape index (κ1) is 25.9. The first-order valence-electron chi connectivity index (χ1n) is 12.9. The van der Waals surface area contributed by atoms with Crippen molar-refractivity contribution in [2.75, 3.05) is 45.0 Å². The highest BCUT2D eigenvalue weighted by Crippen LogP contribution is 2.33. The summed E-state index contributed by atoms with van der Waals surface area (Å²) in [5, 5.41) is 0. The zero-order valence-corrected chi connectivity index (χ0v) is 21.4. The summed E-state index contributed by atoms with van der Waals surface area (Å²) < 4.78 is 14.2. The van der Waals surface area contributed by atoms with Gasteiger partial charge in [0.05, 0.1) is 6.04 Å². The molecule has 1 atom stereocenters. The maximum absolute atomic E-state index is 14.2. The molecule has 1 aliphatic heterocycles. The highest BCUT2D eigenvalue weighted by molar-refractivity contribution is 5.96. The fourth-order valence-electron chi connectivity index (χ4n) is 5.09. The van der Waals surface area contributed by atoms with E-state index in [1.165, 1.54) is 11.6 Å². The molecule has 5 nitrogen and oxygen atoms in total. The van der Waals surface area contributed by atoms with E-state index >= 15 is 0 Å². The van der Waals surface area contributed by atoms with Crippen LogP contribution in [-0.2, 0) is 11.3 Å². The van der Waals surface area contributed by atoms with E-state index in [2.05, 4.69) is 28.0 Å². The Bertz CT molecular complexity index is 1140. The van der Waals surface area contributed by atoms with Crippen molar-refractivity contribution in [3.63, 3.8) is 0 Å². The lowest BCUT2D eigenvalue weighted by Crippen LogP contribution is -2.47. The average molecular weight is 489 g/mol. The number of carbonyl (C=O) groups excluding carboxylic acids is 1. The number of nitrogens with two attached hydrogens (primary N) is 1. The molecule has 1 amide bonds. The van der Waals surface area contributed by atoms with Crippen LogP contribution >= 0.6 is 0 Å². The lowest BCUT2D eigenvalue weighted by Gasteiger charge is -2.40. The van der Waals surface area contributed by atoms with Gasteiger partial charge in [-0.1, -0.05) is 48.6 Å². The molecule has 2 aromatic carbocycles. The summed E-state index contributed by atoms with van der Waals surface area (Å²) in [7, 11) is 0. The summed E-state index contributed by atoms with van der Waals surface area (Å²) in [5.74, 6) is -0.0676. The van der Waals surface area contributed by atoms with Crippen molar-refractivity contribution in [2.24, 2.45) is 0 Å². The fraction of sp³-hybridized carbons (Fsp3) is 0.367. The zero-order chi connectivity index (χ0) is 25.5. The molecule has 1 saturated heterocycles. The van der Waals surface area contributed by atoms with Gasteiger partial charge < -0.3 is 10.6 Å². The summed E-state index contributed by atoms with van der Waals surface area (Å²) in [6.07, 6.45) is 9.01. The minimum absolute atomic E-state index is 0.0386. The number of benzene rings is 2. The van der Waals surface area contributed by atoms with Crippen LogP contribution in [-0.4, -0.2) is 59.9 Å². The smallest absolute Gasteiger partial charge is 0.253 e. The predicted molar refractivity (Wildman–Crippen MR) is 145 cm³/mol. The number of carbonyl (C=O) groups is 1. The van der Waals surface area contributed by atoms with Crippen molar-refractivity contribution in [1.29, 1.82) is 0 Å². The Balaban J connectivity index is 1.52. The molecule has 1 unspecified atom stereocenters. The molecule has 2 N–H and O–H groups in total. The number of nitrogens with zero attached hydrogens (tertiary/aromatic N) is 3. The van der Waals surface area contributed by atoms with Gasteiger partial charge in [-0.15, -0.1) is 0 Å². The second kappa shape index (κ2) is 12.2. The Hall–Kier alpha value is -3.22. The molecule has 2 aliphatic rings. The van der Waals surface area contributed by atoms with E-state index in [-0.39, 0.29) is 17.8 Å². The lowest BCUT2D eigenvalue weighted by molar-refractivity contribution is -0.126. The van der Waals surface area contributed by atoms with Crippen molar-refractivity contribution in [3.8, 4) is 0 Å². The summed E-state index contributed by atoms with van der Waals surface area (Å²) in [4.78, 5) is 19.6. The van der Waals surface area contributed by atoms with Gasteiger partial charge in [0, 0.05) is 62.6 Å². The van der Waals surface area contributed by atoms with Crippen molar-refractivity contribution < 1.29 is 9.18 Å². The molecule has 1 fully saturated rings. The van der Waals surface area contributed by atoms with Crippen LogP contribution in [0.1, 0.15) is 37.4 Å². The molecular formula is C30H37FN4O. The molecule has 190 valence electrons. The van der Waals surface area contributed by atoms with Crippen molar-refractivity contribution in [1.82, 2.24) is 14.7 Å². The number of hydrogen-bond acceptors (Lipinski definition) is 4. The molecule has 1 aliphatic carbocycles. The highest BCUT2D eigenvalue weighted by atomic mass is 19.1. The number of anilines is 1. The first-order chi connectivity index (χ1) is 17.5. The van der Waals surface area contributed by atoms with Crippen LogP contribution in [0.2, 0.25) is 0 Å². The number of nitrogen functional groups attached to an aromatic ring is 1. The first-order valence-corrected chi connectivity index (χ1v) is 12.9. The minimum Gasteiger partial charge on any atom is -0.399 e. The van der Waals surface area contributed by atoms with Crippen LogP contribution in [0.25, 0.3) is 0 Å². The Morgan fingerprint density at radius 2 is 1.75 bits per heavy atom. The Labute approximate surface area is 214 Å². The Morgan fingerprint density at radius 3 is 2.44 bits per heavy atom. The van der Waals surface area contributed by atoms with Gasteiger partial charge in [0.1, 0.15) is 5.82 Å². The summed E-state index contributed by atoms with van der Waals surface area (Å²) in [5.41, 5.74) is 10.7. The normalized spacial score (nSPS) is 17.8. The summed E-state index contributed by atoms with van der Waals surface area (Å²) in [6, 6.07) is 15.1. The second-order valence-corrected chi connectivity index (χ2v) is 9.39. The number of likely N-dealkylation sites (N-methyl/N-ethyl adjacent to an activating group) is 1. The molecule has 0 spiro atoms. The average Bonchev–Trinajstić information content (AvgIpc) is 3.14. The van der Waals surface area contributed by atoms with E-state index in [4.69, 9.17) is 5.73 Å². The van der Waals surface area contributed by atoms with E-state index in [0.717, 1.165) is 48.6 Å². The third-order valence-electron chi connectivity index (χ3n) is 7.11. The van der Waals surface area contributed by atoms with Crippen LogP contribution in [0.15, 0.2) is 84.0 Å². The van der Waals surface area contributed by atoms with Gasteiger partial charge in [0.25, 0.3) is 5.91 Å². The maximum Gasteiger partial charge on any atom is 0.253 e. The van der Waals surface area contributed by atoms with Crippen molar-refractivity contribution >= 4 is 11.6 Å². The van der Waals surface area contributed by atoms with Gasteiger partial charge in [-0.2, -0.15) is 0 Å². The molecule has 0 radical (unpaired) electrons. The molecule has 1 heterocycles. The summed E-state index contributed by atoms with van der Waals surface area (Å²) in [6.45, 7) is 9.46. The number of halogens is 1. The second-order valence-electron chi connectivity index (χ2n) is 9.39. The molecule has 6 heteroatoms. The van der Waals surface area contributed by atoms with Crippen LogP contribution in [0, 0.1) is 5.82 Å². The van der Waals surface area contributed by atoms with E-state index in [0.29, 0.717) is 26.1 Å². The molecular weight excluding hydrogens is 451 g/mol. The molecule has 0 bridgehead atoms. The van der Waals surface area contributed by atoms with Crippen molar-refractivity contribution in [2.45, 2.75) is 32.9 Å². The maximum atomic E-state index is 14.2. The molecule has 4 rings (SSSR count). The van der Waals surface area contributed by atoms with Gasteiger partial charge >= 0.3 is 0 Å². The van der Waals surface area contributed by atoms with Crippen LogP contribution < -0.4 is 5.73 Å². The fourth-order valence-corrected chi connectivity index (χ4v) is 5.09. The summed E-state index contributed by atoms with van der Waals surface area (Å²) >= 11 is 0. The number of piperazine rings is 1. The van der Waals surface area contributed by atoms with Crippen LogP contribution in [0.5, 0.6) is 0 Å². The molecule has 36 heavy (non-hydrogen) atoms. The zero-order valence-electron chi connectivity index (χ0n) is 21.4. The minimum atomic E-state index is -0.145. The Kier molecular flexibility index (Phi) is 8.73. The monoisotopic (exact) mass is 488 g/mol. The number of amides is 1. The van der Waals surface area contributed by atoms with E-state index in [1.807, 2.05) is 61.2 Å². The van der Waals surface area contributed by atoms with Crippen LogP contribution in [0.3, 0.4) is 0 Å². The SMILES string of the molecule is CCN(CC)C(=O)C1=CCC=C(C(c2cccc(N)c2)N2CCN(Cc3ccccc3F)CC2)C=C1. The third-order valence-corrected chi connectivity index (χ3v) is 7.11. The Morgan fingerprint density at radius 1 is 1.00 bits per heavy atom. The van der Waals surface area contributed by atoms with Gasteiger partial charge in [-0.3, -0.25) is 14.6 Å². The van der Waals surface area contributed by atoms with Gasteiger partial charge in [-0.05, 0) is 55.7 Å². The van der Waals surface area contributed by atoms with Gasteiger partial charge in [0.2, 0.25) is 0 Å². The molecule has 2 aromatic rings. The van der Waals surface area contributed by atoms with E-state index < -0.39 is 0 Å². The van der Waals surface area contributed by atoms with Gasteiger partial charge in [0.15, 0.2) is 0 Å². The van der Waals surface area contributed by atoms with Crippen LogP contribution in [0.4, 0.5) is 10.1 Å². The lowest BCUT2D eigenvalue weighted by atomic mass is 9.94. The van der Waals surface area contributed by atoms with Crippen molar-refractivity contribution in [3.05, 3.63) is 101 Å². The number of hydrogen-bond donors (Lipinski definition) is 1. The molecule has 0 saturated carbocycles. The predicted octanol–water partition coefficient (Wildman–Crippen LogP) is 4.95. The largest absolute Gasteiger partial charge is 0.399 e. The molecule has 0 aromatic heterocycles. The quantitative estimate of drug-likeness (QED) is 0.535. The highest BCUT2D eigenvalue weighted by Gasteiger charge is 2.28. The van der Waals surface area contributed by atoms with E-state index in [1.54, 1.807) is 6.07 Å². The van der Waals surface area contributed by atoms with E-state index in [9.17, 15) is 9.18 Å².